The van der Waals surface area contributed by atoms with Crippen molar-refractivity contribution in [2.24, 2.45) is 0 Å². The number of ether oxygens (including phenoxy) is 2. The van der Waals surface area contributed by atoms with Gasteiger partial charge in [0.1, 0.15) is 34.8 Å². The Morgan fingerprint density at radius 1 is 0.553 bits per heavy atom. The van der Waals surface area contributed by atoms with Crippen molar-refractivity contribution in [3.8, 4) is 11.5 Å². The maximum atomic E-state index is 11.5. The van der Waals surface area contributed by atoms with Gasteiger partial charge < -0.3 is 40.5 Å². The Hall–Kier alpha value is -3.54. The Kier molecular flexibility index (Phi) is 12.4. The minimum absolute atomic E-state index is 0. The summed E-state index contributed by atoms with van der Waals surface area (Å²) < 4.78 is 11.9. The molecule has 2 aromatic carbocycles. The van der Waals surface area contributed by atoms with Crippen molar-refractivity contribution in [1.82, 2.24) is 10.6 Å². The van der Waals surface area contributed by atoms with Crippen molar-refractivity contribution in [2.45, 2.75) is 115 Å². The molecule has 0 radical (unpaired) electrons. The number of rotatable bonds is 8. The largest absolute Gasteiger partial charge is 0.489 e. The molecular formula is C34H46N2O10Zn. The molecule has 2 fully saturated rings. The molecular weight excluding hydrogens is 662 g/mol. The van der Waals surface area contributed by atoms with E-state index in [1.807, 2.05) is 0 Å². The summed E-state index contributed by atoms with van der Waals surface area (Å²) >= 11 is 0. The quantitative estimate of drug-likeness (QED) is 0.188. The third-order valence-electron chi connectivity index (χ3n) is 7.83. The second-order valence-corrected chi connectivity index (χ2v) is 14.7. The molecule has 2 saturated heterocycles. The SMILES string of the molecule is CC1(C)CC(Oc2cccc(C(=O)O)c2C(=O)O)CC(C)(C)N1.CC1(C)CC(Oc2cccc(C(=O)O)c2C(=O)O)CC(C)(C)N1.[Zn]. The van der Waals surface area contributed by atoms with E-state index in [0.29, 0.717) is 25.7 Å². The van der Waals surface area contributed by atoms with Crippen LogP contribution in [-0.2, 0) is 19.5 Å². The fraction of sp³-hybridized carbons (Fsp3) is 0.529. The summed E-state index contributed by atoms with van der Waals surface area (Å²) in [4.78, 5) is 45.5. The number of carboxylic acid groups (broad SMARTS) is 4. The van der Waals surface area contributed by atoms with Gasteiger partial charge in [0, 0.05) is 67.3 Å². The van der Waals surface area contributed by atoms with Crippen molar-refractivity contribution in [3.63, 3.8) is 0 Å². The summed E-state index contributed by atoms with van der Waals surface area (Å²) in [6.07, 6.45) is 2.42. The molecule has 4 rings (SSSR count). The van der Waals surface area contributed by atoms with Crippen molar-refractivity contribution in [3.05, 3.63) is 58.7 Å². The number of carbonyl (C=O) groups is 4. The topological polar surface area (TPSA) is 192 Å². The van der Waals surface area contributed by atoms with E-state index >= 15 is 0 Å². The van der Waals surface area contributed by atoms with Crippen LogP contribution < -0.4 is 20.1 Å². The second-order valence-electron chi connectivity index (χ2n) is 14.7. The van der Waals surface area contributed by atoms with Crippen molar-refractivity contribution < 1.29 is 68.6 Å². The van der Waals surface area contributed by atoms with Gasteiger partial charge >= 0.3 is 23.9 Å². The first-order chi connectivity index (χ1) is 21.0. The smallest absolute Gasteiger partial charge is 0.340 e. The summed E-state index contributed by atoms with van der Waals surface area (Å²) in [6, 6.07) is 8.57. The van der Waals surface area contributed by atoms with Crippen LogP contribution >= 0.6 is 0 Å². The van der Waals surface area contributed by atoms with Crippen molar-refractivity contribution >= 4 is 23.9 Å². The average Bonchev–Trinajstić information content (AvgIpc) is 2.84. The fourth-order valence-corrected chi connectivity index (χ4v) is 7.04. The molecule has 2 aromatic rings. The number of nitrogens with one attached hydrogen (secondary N) is 2. The summed E-state index contributed by atoms with van der Waals surface area (Å²) in [7, 11) is 0. The van der Waals surface area contributed by atoms with E-state index < -0.39 is 23.9 Å². The van der Waals surface area contributed by atoms with Crippen LogP contribution in [0.3, 0.4) is 0 Å². The third kappa shape index (κ3) is 10.7. The Morgan fingerprint density at radius 2 is 0.830 bits per heavy atom. The summed E-state index contributed by atoms with van der Waals surface area (Å²) in [6.45, 7) is 16.5. The van der Waals surface area contributed by atoms with E-state index in [-0.39, 0.29) is 87.6 Å². The van der Waals surface area contributed by atoms with Gasteiger partial charge in [-0.05, 0) is 79.7 Å². The zero-order chi connectivity index (χ0) is 34.8. The Morgan fingerprint density at radius 3 is 1.06 bits per heavy atom. The van der Waals surface area contributed by atoms with Crippen LogP contribution in [0.15, 0.2) is 36.4 Å². The molecule has 12 nitrogen and oxygen atoms in total. The van der Waals surface area contributed by atoms with Crippen molar-refractivity contribution in [1.29, 1.82) is 0 Å². The predicted octanol–water partition coefficient (Wildman–Crippen LogP) is 5.54. The average molecular weight is 708 g/mol. The van der Waals surface area contributed by atoms with Crippen LogP contribution in [0.4, 0.5) is 0 Å². The number of carboxylic acids is 4. The molecule has 0 aliphatic carbocycles. The van der Waals surface area contributed by atoms with E-state index in [1.54, 1.807) is 0 Å². The Labute approximate surface area is 288 Å². The van der Waals surface area contributed by atoms with Gasteiger partial charge in [0.25, 0.3) is 0 Å². The molecule has 13 heteroatoms. The van der Waals surface area contributed by atoms with E-state index in [0.717, 1.165) is 0 Å². The molecule has 2 aliphatic rings. The van der Waals surface area contributed by atoms with Crippen LogP contribution in [0.25, 0.3) is 0 Å². The number of aromatic carboxylic acids is 4. The van der Waals surface area contributed by atoms with E-state index in [9.17, 15) is 39.6 Å². The molecule has 0 spiro atoms. The molecule has 254 valence electrons. The van der Waals surface area contributed by atoms with Crippen LogP contribution in [0.5, 0.6) is 11.5 Å². The molecule has 0 amide bonds. The van der Waals surface area contributed by atoms with Gasteiger partial charge in [-0.15, -0.1) is 0 Å². The molecule has 0 saturated carbocycles. The molecule has 2 heterocycles. The van der Waals surface area contributed by atoms with Crippen molar-refractivity contribution in [2.75, 3.05) is 0 Å². The van der Waals surface area contributed by atoms with Gasteiger partial charge in [0.05, 0.1) is 11.1 Å². The number of hydrogen-bond donors (Lipinski definition) is 6. The second kappa shape index (κ2) is 14.7. The number of piperidine rings is 2. The van der Waals surface area contributed by atoms with Gasteiger partial charge in [-0.1, -0.05) is 12.1 Å². The maximum Gasteiger partial charge on any atom is 0.340 e. The van der Waals surface area contributed by atoms with Crippen LogP contribution in [-0.4, -0.2) is 78.7 Å². The van der Waals surface area contributed by atoms with Crippen LogP contribution in [0.1, 0.15) is 123 Å². The molecule has 0 aromatic heterocycles. The van der Waals surface area contributed by atoms with Gasteiger partial charge in [-0.25, -0.2) is 19.2 Å². The first kappa shape index (κ1) is 39.6. The van der Waals surface area contributed by atoms with Gasteiger partial charge in [-0.2, -0.15) is 0 Å². The number of hydrogen-bond acceptors (Lipinski definition) is 8. The summed E-state index contributed by atoms with van der Waals surface area (Å²) in [5.41, 5.74) is -1.73. The summed E-state index contributed by atoms with van der Waals surface area (Å²) in [5, 5.41) is 44.2. The normalized spacial score (nSPS) is 19.6. The summed E-state index contributed by atoms with van der Waals surface area (Å²) in [5.74, 6) is -4.94. The molecule has 6 N–H and O–H groups in total. The van der Waals surface area contributed by atoms with E-state index in [1.165, 1.54) is 36.4 Å². The zero-order valence-electron chi connectivity index (χ0n) is 28.4. The minimum atomic E-state index is -1.30. The Bertz CT molecular complexity index is 1360. The standard InChI is InChI=1S/2C17H23NO5.Zn/c2*1-16(2)8-10(9-17(3,4)18-16)23-12-7-5-6-11(14(19)20)13(12)15(21)22;/h2*5-7,10,18H,8-9H2,1-4H3,(H,19,20)(H,21,22);. The molecule has 0 atom stereocenters. The number of benzene rings is 2. The zero-order valence-corrected chi connectivity index (χ0v) is 31.4. The molecule has 0 unspecified atom stereocenters. The monoisotopic (exact) mass is 706 g/mol. The maximum absolute atomic E-state index is 11.5. The molecule has 2 aliphatic heterocycles. The van der Waals surface area contributed by atoms with Gasteiger partial charge in [-0.3, -0.25) is 0 Å². The Balaban J connectivity index is 0.000000320. The van der Waals surface area contributed by atoms with Crippen LogP contribution in [0, 0.1) is 0 Å². The minimum Gasteiger partial charge on any atom is -0.489 e. The van der Waals surface area contributed by atoms with E-state index in [4.69, 9.17) is 9.47 Å². The predicted molar refractivity (Wildman–Crippen MR) is 171 cm³/mol. The molecule has 47 heavy (non-hydrogen) atoms. The first-order valence-electron chi connectivity index (χ1n) is 15.1. The first-order valence-corrected chi connectivity index (χ1v) is 15.1. The van der Waals surface area contributed by atoms with Gasteiger partial charge in [0.15, 0.2) is 0 Å². The van der Waals surface area contributed by atoms with Crippen LogP contribution in [0.2, 0.25) is 0 Å². The molecule has 0 bridgehead atoms. The third-order valence-corrected chi connectivity index (χ3v) is 7.83. The van der Waals surface area contributed by atoms with E-state index in [2.05, 4.69) is 66.0 Å². The van der Waals surface area contributed by atoms with Gasteiger partial charge in [0.2, 0.25) is 0 Å². The fourth-order valence-electron chi connectivity index (χ4n) is 7.04.